The lowest BCUT2D eigenvalue weighted by molar-refractivity contribution is -0.122. The zero-order chi connectivity index (χ0) is 14.7. The summed E-state index contributed by atoms with van der Waals surface area (Å²) < 4.78 is 1.76. The highest BCUT2D eigenvalue weighted by Crippen LogP contribution is 2.11. The standard InChI is InChI=1S/C13H21N5O2/c1-10-12(16(3)9-15-10)13(20)18-6-4-17(5-7-18)8-11(19)14-2/h9H,4-8H2,1-3H3,(H,14,19). The summed E-state index contributed by atoms with van der Waals surface area (Å²) in [4.78, 5) is 31.8. The number of carbonyl (C=O) groups is 2. The van der Waals surface area contributed by atoms with E-state index < -0.39 is 0 Å². The topological polar surface area (TPSA) is 70.5 Å². The first kappa shape index (κ1) is 14.5. The Bertz CT molecular complexity index is 483. The molecule has 0 saturated carbocycles. The molecule has 1 N–H and O–H groups in total. The molecule has 1 aromatic rings. The van der Waals surface area contributed by atoms with E-state index in [-0.39, 0.29) is 11.8 Å². The molecule has 7 nitrogen and oxygen atoms in total. The van der Waals surface area contributed by atoms with E-state index in [4.69, 9.17) is 0 Å². The molecular formula is C13H21N5O2. The summed E-state index contributed by atoms with van der Waals surface area (Å²) in [6.07, 6.45) is 1.66. The first-order valence-electron chi connectivity index (χ1n) is 6.73. The van der Waals surface area contributed by atoms with Crippen LogP contribution in [0, 0.1) is 6.92 Å². The number of hydrogen-bond acceptors (Lipinski definition) is 4. The van der Waals surface area contributed by atoms with E-state index in [1.165, 1.54) is 0 Å². The van der Waals surface area contributed by atoms with E-state index in [9.17, 15) is 9.59 Å². The van der Waals surface area contributed by atoms with E-state index in [2.05, 4.69) is 15.2 Å². The van der Waals surface area contributed by atoms with Gasteiger partial charge in [-0.1, -0.05) is 0 Å². The van der Waals surface area contributed by atoms with Gasteiger partial charge >= 0.3 is 0 Å². The third kappa shape index (κ3) is 2.98. The van der Waals surface area contributed by atoms with Crippen molar-refractivity contribution in [2.75, 3.05) is 39.8 Å². The second-order valence-corrected chi connectivity index (χ2v) is 5.03. The van der Waals surface area contributed by atoms with Crippen molar-refractivity contribution in [1.29, 1.82) is 0 Å². The van der Waals surface area contributed by atoms with Gasteiger partial charge in [-0.2, -0.15) is 0 Å². The number of imidazole rings is 1. The minimum absolute atomic E-state index is 0.00672. The summed E-state index contributed by atoms with van der Waals surface area (Å²) >= 11 is 0. The van der Waals surface area contributed by atoms with Gasteiger partial charge in [-0.15, -0.1) is 0 Å². The highest BCUT2D eigenvalue weighted by molar-refractivity contribution is 5.93. The molecule has 0 spiro atoms. The van der Waals surface area contributed by atoms with Crippen LogP contribution < -0.4 is 5.32 Å². The number of hydrogen-bond donors (Lipinski definition) is 1. The smallest absolute Gasteiger partial charge is 0.272 e. The van der Waals surface area contributed by atoms with Gasteiger partial charge in [0, 0.05) is 40.3 Å². The van der Waals surface area contributed by atoms with Crippen molar-refractivity contribution in [3.05, 3.63) is 17.7 Å². The Kier molecular flexibility index (Phi) is 4.39. The molecular weight excluding hydrogens is 258 g/mol. The van der Waals surface area contributed by atoms with Crippen LogP contribution in [-0.4, -0.2) is 70.9 Å². The molecule has 2 rings (SSSR count). The number of amides is 2. The molecule has 1 fully saturated rings. The van der Waals surface area contributed by atoms with Crippen molar-refractivity contribution in [2.24, 2.45) is 7.05 Å². The van der Waals surface area contributed by atoms with Crippen molar-refractivity contribution in [1.82, 2.24) is 24.7 Å². The van der Waals surface area contributed by atoms with Crippen LogP contribution in [0.2, 0.25) is 0 Å². The van der Waals surface area contributed by atoms with Gasteiger partial charge in [0.1, 0.15) is 5.69 Å². The SMILES string of the molecule is CNC(=O)CN1CCN(C(=O)c2c(C)ncn2C)CC1. The largest absolute Gasteiger partial charge is 0.358 e. The molecule has 20 heavy (non-hydrogen) atoms. The fourth-order valence-electron chi connectivity index (χ4n) is 2.39. The molecule has 7 heteroatoms. The molecule has 0 bridgehead atoms. The third-order valence-electron chi connectivity index (χ3n) is 3.63. The predicted octanol–water partition coefficient (Wildman–Crippen LogP) is -0.768. The maximum Gasteiger partial charge on any atom is 0.272 e. The molecule has 0 atom stereocenters. The molecule has 1 saturated heterocycles. The first-order chi connectivity index (χ1) is 9.52. The van der Waals surface area contributed by atoms with Crippen LogP contribution in [0.25, 0.3) is 0 Å². The molecule has 2 heterocycles. The maximum absolute atomic E-state index is 12.5. The summed E-state index contributed by atoms with van der Waals surface area (Å²) in [6, 6.07) is 0. The van der Waals surface area contributed by atoms with Crippen LogP contribution in [0.1, 0.15) is 16.2 Å². The monoisotopic (exact) mass is 279 g/mol. The average Bonchev–Trinajstić information content (AvgIpc) is 2.78. The third-order valence-corrected chi connectivity index (χ3v) is 3.63. The van der Waals surface area contributed by atoms with E-state index in [0.717, 1.165) is 18.8 Å². The number of aryl methyl sites for hydroxylation is 2. The van der Waals surface area contributed by atoms with Crippen LogP contribution in [0.15, 0.2) is 6.33 Å². The number of nitrogens with zero attached hydrogens (tertiary/aromatic N) is 4. The summed E-state index contributed by atoms with van der Waals surface area (Å²) in [5.41, 5.74) is 1.40. The number of nitrogens with one attached hydrogen (secondary N) is 1. The molecule has 0 unspecified atom stereocenters. The Hall–Kier alpha value is -1.89. The zero-order valence-corrected chi connectivity index (χ0v) is 12.2. The Morgan fingerprint density at radius 2 is 1.95 bits per heavy atom. The second kappa shape index (κ2) is 6.04. The van der Waals surface area contributed by atoms with Crippen LogP contribution in [0.4, 0.5) is 0 Å². The minimum atomic E-state index is 0.00672. The van der Waals surface area contributed by atoms with Crippen LogP contribution in [0.3, 0.4) is 0 Å². The van der Waals surface area contributed by atoms with Crippen molar-refractivity contribution >= 4 is 11.8 Å². The predicted molar refractivity (Wildman–Crippen MR) is 74.4 cm³/mol. The van der Waals surface area contributed by atoms with Crippen molar-refractivity contribution in [3.63, 3.8) is 0 Å². The lowest BCUT2D eigenvalue weighted by Crippen LogP contribution is -2.51. The molecule has 1 aliphatic rings. The van der Waals surface area contributed by atoms with Gasteiger partial charge < -0.3 is 14.8 Å². The van der Waals surface area contributed by atoms with Crippen molar-refractivity contribution in [3.8, 4) is 0 Å². The Morgan fingerprint density at radius 3 is 2.45 bits per heavy atom. The highest BCUT2D eigenvalue weighted by Gasteiger charge is 2.25. The van der Waals surface area contributed by atoms with Gasteiger partial charge in [0.05, 0.1) is 18.6 Å². The van der Waals surface area contributed by atoms with Gasteiger partial charge in [0.25, 0.3) is 5.91 Å². The fraction of sp³-hybridized carbons (Fsp3) is 0.615. The van der Waals surface area contributed by atoms with E-state index >= 15 is 0 Å². The fourth-order valence-corrected chi connectivity index (χ4v) is 2.39. The van der Waals surface area contributed by atoms with Crippen LogP contribution in [-0.2, 0) is 11.8 Å². The van der Waals surface area contributed by atoms with Crippen molar-refractivity contribution < 1.29 is 9.59 Å². The number of carbonyl (C=O) groups excluding carboxylic acids is 2. The quantitative estimate of drug-likeness (QED) is 0.789. The second-order valence-electron chi connectivity index (χ2n) is 5.03. The summed E-state index contributed by atoms with van der Waals surface area (Å²) in [6.45, 7) is 4.95. The summed E-state index contributed by atoms with van der Waals surface area (Å²) in [5, 5.41) is 2.61. The number of rotatable bonds is 3. The van der Waals surface area contributed by atoms with Crippen LogP contribution in [0.5, 0.6) is 0 Å². The molecule has 1 aromatic heterocycles. The minimum Gasteiger partial charge on any atom is -0.358 e. The molecule has 0 radical (unpaired) electrons. The molecule has 110 valence electrons. The van der Waals surface area contributed by atoms with Gasteiger partial charge in [-0.3, -0.25) is 14.5 Å². The number of likely N-dealkylation sites (N-methyl/N-ethyl adjacent to an activating group) is 1. The number of aromatic nitrogens is 2. The van der Waals surface area contributed by atoms with E-state index in [1.807, 2.05) is 18.9 Å². The Balaban J connectivity index is 1.94. The maximum atomic E-state index is 12.5. The average molecular weight is 279 g/mol. The lowest BCUT2D eigenvalue weighted by Gasteiger charge is -2.34. The van der Waals surface area contributed by atoms with Gasteiger partial charge in [-0.25, -0.2) is 4.98 Å². The normalized spacial score (nSPS) is 16.2. The Labute approximate surface area is 118 Å². The van der Waals surface area contributed by atoms with Crippen molar-refractivity contribution in [2.45, 2.75) is 6.92 Å². The first-order valence-corrected chi connectivity index (χ1v) is 6.73. The van der Waals surface area contributed by atoms with E-state index in [0.29, 0.717) is 25.3 Å². The summed E-state index contributed by atoms with van der Waals surface area (Å²) in [5.74, 6) is 0.0225. The molecule has 0 aliphatic carbocycles. The van der Waals surface area contributed by atoms with E-state index in [1.54, 1.807) is 17.9 Å². The van der Waals surface area contributed by atoms with Crippen LogP contribution >= 0.6 is 0 Å². The Morgan fingerprint density at radius 1 is 1.30 bits per heavy atom. The molecule has 0 aromatic carbocycles. The highest BCUT2D eigenvalue weighted by atomic mass is 16.2. The van der Waals surface area contributed by atoms with Gasteiger partial charge in [0.15, 0.2) is 0 Å². The number of piperazine rings is 1. The lowest BCUT2D eigenvalue weighted by atomic mass is 10.2. The van der Waals surface area contributed by atoms with Gasteiger partial charge in [-0.05, 0) is 6.92 Å². The molecule has 1 aliphatic heterocycles. The summed E-state index contributed by atoms with van der Waals surface area (Å²) in [7, 11) is 3.46. The van der Waals surface area contributed by atoms with Gasteiger partial charge in [0.2, 0.25) is 5.91 Å². The zero-order valence-electron chi connectivity index (χ0n) is 12.2. The molecule has 2 amide bonds.